The molecule has 11 heteroatoms. The quantitative estimate of drug-likeness (QED) is 0.0727. The Morgan fingerprint density at radius 3 is 2.22 bits per heavy atom. The molecule has 242 valence electrons. The Kier molecular flexibility index (Phi) is 10.6. The summed E-state index contributed by atoms with van der Waals surface area (Å²) in [6.07, 6.45) is 8.79. The average molecular weight is 650 g/mol. The molecule has 5 rings (SSSR count). The van der Waals surface area contributed by atoms with Crippen molar-refractivity contribution in [1.82, 2.24) is 4.98 Å². The van der Waals surface area contributed by atoms with E-state index in [1.807, 2.05) is 0 Å². The summed E-state index contributed by atoms with van der Waals surface area (Å²) in [7, 11) is 1.54. The third-order valence-electron chi connectivity index (χ3n) is 8.11. The van der Waals surface area contributed by atoms with E-state index in [9.17, 15) is 14.0 Å². The molecule has 2 amide bonds. The number of anilines is 2. The second-order valence-electron chi connectivity index (χ2n) is 11.3. The highest BCUT2D eigenvalue weighted by molar-refractivity contribution is 7.80. The molecule has 2 N–H and O–H groups in total. The van der Waals surface area contributed by atoms with Crippen LogP contribution in [0.5, 0.6) is 23.0 Å². The number of hydrogen-bond donors (Lipinski definition) is 2. The first-order valence-electron chi connectivity index (χ1n) is 15.4. The number of pyridine rings is 1. The van der Waals surface area contributed by atoms with Gasteiger partial charge in [0.05, 0.1) is 24.9 Å². The van der Waals surface area contributed by atoms with Gasteiger partial charge in [0.15, 0.2) is 23.1 Å². The number of methoxy groups -OCH3 is 1. The average Bonchev–Trinajstić information content (AvgIpc) is 3.87. The lowest BCUT2D eigenvalue weighted by Gasteiger charge is -2.26. The molecule has 4 aromatic rings. The van der Waals surface area contributed by atoms with Gasteiger partial charge in [-0.25, -0.2) is 8.78 Å². The van der Waals surface area contributed by atoms with Crippen LogP contribution in [-0.2, 0) is 9.59 Å². The number of carbonyl (C=O) groups excluding carboxylic acids is 2. The van der Waals surface area contributed by atoms with Gasteiger partial charge in [-0.15, -0.1) is 0 Å². The maximum atomic E-state index is 15.6. The molecular weight excluding hydrogens is 612 g/mol. The fourth-order valence-corrected chi connectivity index (χ4v) is 5.52. The lowest BCUT2D eigenvalue weighted by Crippen LogP contribution is -2.41. The number of carbonyl (C=O) groups is 2. The summed E-state index contributed by atoms with van der Waals surface area (Å²) in [6, 6.07) is 14.3. The summed E-state index contributed by atoms with van der Waals surface area (Å²) in [4.78, 5) is 31.4. The monoisotopic (exact) mass is 649 g/mol. The molecule has 1 saturated carbocycles. The van der Waals surface area contributed by atoms with Crippen LogP contribution in [0.2, 0.25) is 0 Å². The smallest absolute Gasteiger partial charge is 0.247 e. The number of aromatic nitrogens is 1. The summed E-state index contributed by atoms with van der Waals surface area (Å²) in [5.41, 5.74) is 5.15. The zero-order chi connectivity index (χ0) is 32.7. The highest BCUT2D eigenvalue weighted by Crippen LogP contribution is 2.49. The van der Waals surface area contributed by atoms with Gasteiger partial charge in [0.2, 0.25) is 11.8 Å². The standard InChI is InChI=1S/C35H37F2N3O5S/c1-43-31-21-26-28(22-32(31)44-18-6-4-2-3-5-7-19-46)39-17-14-29(26)45-30-13-12-25(20-27(30)37)40(24-10-8-23(36)9-11-24)34(42)35(15-16-35)33(38)41/h8-14,17,20-22,46H,2-7,15-16,18-19H2,1H3,(H2,38,41). The van der Waals surface area contributed by atoms with E-state index in [4.69, 9.17) is 19.9 Å². The number of fused-ring (bicyclic) bond motifs is 1. The molecule has 0 atom stereocenters. The van der Waals surface area contributed by atoms with Crippen LogP contribution in [0, 0.1) is 17.0 Å². The van der Waals surface area contributed by atoms with E-state index in [0.29, 0.717) is 34.8 Å². The number of unbranched alkanes of at least 4 members (excludes halogenated alkanes) is 5. The molecule has 8 nitrogen and oxygen atoms in total. The number of amides is 2. The minimum atomic E-state index is -1.39. The van der Waals surface area contributed by atoms with Crippen LogP contribution in [0.3, 0.4) is 0 Å². The lowest BCUT2D eigenvalue weighted by atomic mass is 10.0. The van der Waals surface area contributed by atoms with Crippen LogP contribution < -0.4 is 24.8 Å². The van der Waals surface area contributed by atoms with Crippen molar-refractivity contribution in [2.75, 3.05) is 24.4 Å². The molecule has 1 heterocycles. The van der Waals surface area contributed by atoms with Gasteiger partial charge in [-0.2, -0.15) is 12.6 Å². The van der Waals surface area contributed by atoms with Crippen LogP contribution in [0.4, 0.5) is 20.2 Å². The number of hydrogen-bond acceptors (Lipinski definition) is 7. The van der Waals surface area contributed by atoms with Crippen molar-refractivity contribution in [3.63, 3.8) is 0 Å². The van der Waals surface area contributed by atoms with Gasteiger partial charge in [-0.05, 0) is 80.0 Å². The summed E-state index contributed by atoms with van der Waals surface area (Å²) < 4.78 is 46.9. The largest absolute Gasteiger partial charge is 0.493 e. The summed E-state index contributed by atoms with van der Waals surface area (Å²) in [6.45, 7) is 0.542. The van der Waals surface area contributed by atoms with E-state index >= 15 is 4.39 Å². The normalized spacial score (nSPS) is 13.3. The molecule has 0 radical (unpaired) electrons. The molecule has 1 fully saturated rings. The van der Waals surface area contributed by atoms with Crippen molar-refractivity contribution in [1.29, 1.82) is 0 Å². The molecule has 0 saturated heterocycles. The fraction of sp³-hybridized carbons (Fsp3) is 0.343. The van der Waals surface area contributed by atoms with Gasteiger partial charge in [-0.1, -0.05) is 25.7 Å². The van der Waals surface area contributed by atoms with Gasteiger partial charge >= 0.3 is 0 Å². The summed E-state index contributed by atoms with van der Waals surface area (Å²) in [5.74, 6) is -0.424. The van der Waals surface area contributed by atoms with E-state index in [2.05, 4.69) is 17.6 Å². The van der Waals surface area contributed by atoms with E-state index in [0.717, 1.165) is 37.5 Å². The number of halogens is 2. The van der Waals surface area contributed by atoms with Crippen molar-refractivity contribution in [2.45, 2.75) is 51.4 Å². The predicted molar refractivity (Wildman–Crippen MR) is 176 cm³/mol. The number of rotatable bonds is 16. The third-order valence-corrected chi connectivity index (χ3v) is 8.43. The van der Waals surface area contributed by atoms with Crippen molar-refractivity contribution in [3.05, 3.63) is 78.5 Å². The van der Waals surface area contributed by atoms with Gasteiger partial charge in [0, 0.05) is 29.4 Å². The number of nitrogens with zero attached hydrogens (tertiary/aromatic N) is 2. The topological polar surface area (TPSA) is 104 Å². The molecule has 0 bridgehead atoms. The number of thiol groups is 1. The number of nitrogens with two attached hydrogens (primary N) is 1. The third kappa shape index (κ3) is 7.36. The second kappa shape index (κ2) is 14.8. The number of benzene rings is 3. The highest BCUT2D eigenvalue weighted by Gasteiger charge is 2.57. The van der Waals surface area contributed by atoms with Crippen LogP contribution in [0.1, 0.15) is 51.4 Å². The number of ether oxygens (including phenoxy) is 3. The molecule has 0 unspecified atom stereocenters. The Bertz CT molecular complexity index is 1700. The molecule has 1 aromatic heterocycles. The first-order chi connectivity index (χ1) is 22.3. The van der Waals surface area contributed by atoms with E-state index < -0.39 is 28.9 Å². The van der Waals surface area contributed by atoms with Crippen LogP contribution in [0.25, 0.3) is 10.9 Å². The molecule has 1 aliphatic rings. The maximum absolute atomic E-state index is 15.6. The molecule has 46 heavy (non-hydrogen) atoms. The maximum Gasteiger partial charge on any atom is 0.247 e. The molecule has 1 aliphatic carbocycles. The Balaban J connectivity index is 1.35. The number of primary amides is 1. The highest BCUT2D eigenvalue weighted by atomic mass is 32.1. The van der Waals surface area contributed by atoms with Crippen LogP contribution in [-0.4, -0.2) is 36.3 Å². The zero-order valence-corrected chi connectivity index (χ0v) is 26.5. The SMILES string of the molecule is COc1cc2c(Oc3ccc(N(C(=O)C4(C(N)=O)CC4)c4ccc(F)cc4)cc3F)ccnc2cc1OCCCCCCCCS. The van der Waals surface area contributed by atoms with E-state index in [1.165, 1.54) is 54.1 Å². The van der Waals surface area contributed by atoms with Gasteiger partial charge in [-0.3, -0.25) is 19.5 Å². The Morgan fingerprint density at radius 1 is 0.870 bits per heavy atom. The molecule has 0 spiro atoms. The molecule has 0 aliphatic heterocycles. The van der Waals surface area contributed by atoms with Crippen molar-refractivity contribution < 1.29 is 32.6 Å². The van der Waals surface area contributed by atoms with Gasteiger partial charge < -0.3 is 19.9 Å². The Labute approximate surface area is 272 Å². The lowest BCUT2D eigenvalue weighted by molar-refractivity contribution is -0.133. The first-order valence-corrected chi connectivity index (χ1v) is 16.0. The van der Waals surface area contributed by atoms with Gasteiger partial charge in [0.1, 0.15) is 17.0 Å². The Hall–Kier alpha value is -4.38. The summed E-state index contributed by atoms with van der Waals surface area (Å²) >= 11 is 4.25. The second-order valence-corrected chi connectivity index (χ2v) is 11.8. The van der Waals surface area contributed by atoms with Gasteiger partial charge in [0.25, 0.3) is 0 Å². The summed E-state index contributed by atoms with van der Waals surface area (Å²) in [5, 5.41) is 0.583. The van der Waals surface area contributed by atoms with E-state index in [1.54, 1.807) is 31.5 Å². The van der Waals surface area contributed by atoms with Crippen molar-refractivity contribution >= 4 is 46.7 Å². The first kappa shape index (κ1) is 33.0. The van der Waals surface area contributed by atoms with E-state index in [-0.39, 0.29) is 30.0 Å². The zero-order valence-electron chi connectivity index (χ0n) is 25.6. The van der Waals surface area contributed by atoms with Crippen LogP contribution >= 0.6 is 12.6 Å². The Morgan fingerprint density at radius 2 is 1.57 bits per heavy atom. The minimum absolute atomic E-state index is 0.104. The predicted octanol–water partition coefficient (Wildman–Crippen LogP) is 7.89. The minimum Gasteiger partial charge on any atom is -0.493 e. The fourth-order valence-electron chi connectivity index (χ4n) is 5.30. The molecule has 3 aromatic carbocycles. The van der Waals surface area contributed by atoms with Crippen molar-refractivity contribution in [2.24, 2.45) is 11.1 Å². The van der Waals surface area contributed by atoms with Crippen molar-refractivity contribution in [3.8, 4) is 23.0 Å². The molecular formula is C35H37F2N3O5S. The van der Waals surface area contributed by atoms with Crippen LogP contribution in [0.15, 0.2) is 66.9 Å².